The quantitative estimate of drug-likeness (QED) is 0.306. The van der Waals surface area contributed by atoms with Crippen molar-refractivity contribution in [2.24, 2.45) is 0 Å². The van der Waals surface area contributed by atoms with E-state index in [2.05, 4.69) is 10.6 Å². The molecule has 3 aromatic carbocycles. The van der Waals surface area contributed by atoms with Crippen LogP contribution in [-0.4, -0.2) is 25.0 Å². The number of anilines is 2. The van der Waals surface area contributed by atoms with Gasteiger partial charge in [0, 0.05) is 11.4 Å². The number of nitrogens with zero attached hydrogens (tertiary/aromatic N) is 1. The number of ether oxygens (including phenoxy) is 2. The van der Waals surface area contributed by atoms with E-state index >= 15 is 0 Å². The Hall–Kier alpha value is -4.57. The monoisotopic (exact) mass is 483 g/mol. The topological polar surface area (TPSA) is 100 Å². The van der Waals surface area contributed by atoms with Crippen molar-refractivity contribution in [1.82, 2.24) is 0 Å². The van der Waals surface area contributed by atoms with Gasteiger partial charge in [-0.3, -0.25) is 9.59 Å². The van der Waals surface area contributed by atoms with Crippen LogP contribution >= 0.6 is 0 Å². The molecule has 0 saturated carbocycles. The molecule has 3 aromatic rings. The molecule has 184 valence electrons. The second-order valence-corrected chi connectivity index (χ2v) is 8.23. The number of hydrogen-bond donors (Lipinski definition) is 2. The van der Waals surface area contributed by atoms with Gasteiger partial charge in [-0.15, -0.1) is 0 Å². The van der Waals surface area contributed by atoms with Crippen LogP contribution in [0.4, 0.5) is 11.4 Å². The standard InChI is InChI=1S/C29H29N3O4/c1-5-35-27-16-22(15-23(17-30)29(34)32-24-9-7-6-8-20(24)3)12-13-26(27)36-18-28(33)31-25-14-19(2)10-11-21(25)4/h6-16H,5,18H2,1-4H3,(H,31,33)(H,32,34)/b23-15-. The van der Waals surface area contributed by atoms with Gasteiger partial charge in [0.25, 0.3) is 11.8 Å². The second-order valence-electron chi connectivity index (χ2n) is 8.23. The molecule has 0 aromatic heterocycles. The van der Waals surface area contributed by atoms with Crippen LogP contribution in [0.1, 0.15) is 29.2 Å². The number of nitriles is 1. The highest BCUT2D eigenvalue weighted by molar-refractivity contribution is 6.10. The van der Waals surface area contributed by atoms with E-state index in [1.807, 2.05) is 70.2 Å². The lowest BCUT2D eigenvalue weighted by atomic mass is 10.1. The molecule has 0 saturated heterocycles. The molecular formula is C29H29N3O4. The number of rotatable bonds is 9. The molecular weight excluding hydrogens is 454 g/mol. The number of amides is 2. The van der Waals surface area contributed by atoms with Gasteiger partial charge < -0.3 is 20.1 Å². The third-order valence-electron chi connectivity index (χ3n) is 5.36. The molecule has 2 N–H and O–H groups in total. The van der Waals surface area contributed by atoms with Gasteiger partial charge in [0.2, 0.25) is 0 Å². The van der Waals surface area contributed by atoms with Crippen molar-refractivity contribution >= 4 is 29.3 Å². The molecule has 3 rings (SSSR count). The molecule has 0 heterocycles. The van der Waals surface area contributed by atoms with E-state index in [0.717, 1.165) is 22.4 Å². The van der Waals surface area contributed by atoms with Crippen molar-refractivity contribution < 1.29 is 19.1 Å². The van der Waals surface area contributed by atoms with Gasteiger partial charge in [0.1, 0.15) is 11.6 Å². The van der Waals surface area contributed by atoms with Gasteiger partial charge in [-0.2, -0.15) is 5.26 Å². The average Bonchev–Trinajstić information content (AvgIpc) is 2.85. The molecule has 0 bridgehead atoms. The lowest BCUT2D eigenvalue weighted by Crippen LogP contribution is -2.21. The van der Waals surface area contributed by atoms with Crippen LogP contribution in [-0.2, 0) is 9.59 Å². The lowest BCUT2D eigenvalue weighted by Gasteiger charge is -2.14. The van der Waals surface area contributed by atoms with Crippen LogP contribution in [0.2, 0.25) is 0 Å². The molecule has 2 amide bonds. The summed E-state index contributed by atoms with van der Waals surface area (Å²) in [5.41, 5.74) is 4.81. The van der Waals surface area contributed by atoms with Crippen molar-refractivity contribution in [2.75, 3.05) is 23.8 Å². The predicted molar refractivity (Wildman–Crippen MR) is 141 cm³/mol. The summed E-state index contributed by atoms with van der Waals surface area (Å²) in [5, 5.41) is 15.2. The van der Waals surface area contributed by atoms with Crippen molar-refractivity contribution in [3.05, 3.63) is 88.5 Å². The maximum Gasteiger partial charge on any atom is 0.266 e. The fraction of sp³-hybridized carbons (Fsp3) is 0.207. The minimum Gasteiger partial charge on any atom is -0.490 e. The molecule has 0 fully saturated rings. The first-order valence-electron chi connectivity index (χ1n) is 11.6. The summed E-state index contributed by atoms with van der Waals surface area (Å²) >= 11 is 0. The van der Waals surface area contributed by atoms with E-state index in [1.54, 1.807) is 24.3 Å². The zero-order valence-corrected chi connectivity index (χ0v) is 20.8. The summed E-state index contributed by atoms with van der Waals surface area (Å²) < 4.78 is 11.4. The predicted octanol–water partition coefficient (Wildman–Crippen LogP) is 5.57. The number of hydrogen-bond acceptors (Lipinski definition) is 5. The fourth-order valence-electron chi connectivity index (χ4n) is 3.42. The molecule has 0 spiro atoms. The van der Waals surface area contributed by atoms with Gasteiger partial charge in [0.05, 0.1) is 6.61 Å². The Bertz CT molecular complexity index is 1340. The number of carbonyl (C=O) groups excluding carboxylic acids is 2. The highest BCUT2D eigenvalue weighted by Gasteiger charge is 2.13. The van der Waals surface area contributed by atoms with Gasteiger partial charge in [0.15, 0.2) is 18.1 Å². The summed E-state index contributed by atoms with van der Waals surface area (Å²) in [4.78, 5) is 25.1. The maximum absolute atomic E-state index is 12.6. The molecule has 0 atom stereocenters. The zero-order valence-electron chi connectivity index (χ0n) is 20.8. The van der Waals surface area contributed by atoms with Gasteiger partial charge in [-0.05, 0) is 80.3 Å². The molecule has 0 aliphatic rings. The maximum atomic E-state index is 12.6. The Balaban J connectivity index is 1.73. The minimum atomic E-state index is -0.506. The summed E-state index contributed by atoms with van der Waals surface area (Å²) in [7, 11) is 0. The minimum absolute atomic E-state index is 0.0535. The zero-order chi connectivity index (χ0) is 26.1. The molecule has 0 aliphatic heterocycles. The molecule has 0 radical (unpaired) electrons. The van der Waals surface area contributed by atoms with Crippen molar-refractivity contribution in [2.45, 2.75) is 27.7 Å². The Morgan fingerprint density at radius 2 is 1.64 bits per heavy atom. The second kappa shape index (κ2) is 12.2. The SMILES string of the molecule is CCOc1cc(/C=C(/C#N)C(=O)Nc2ccccc2C)ccc1OCC(=O)Nc1cc(C)ccc1C. The average molecular weight is 484 g/mol. The van der Waals surface area contributed by atoms with Gasteiger partial charge in [-0.1, -0.05) is 36.4 Å². The third kappa shape index (κ3) is 6.97. The number of aryl methyl sites for hydroxylation is 3. The Morgan fingerprint density at radius 1 is 0.889 bits per heavy atom. The van der Waals surface area contributed by atoms with Crippen LogP contribution in [0.5, 0.6) is 11.5 Å². The van der Waals surface area contributed by atoms with E-state index in [0.29, 0.717) is 29.4 Å². The van der Waals surface area contributed by atoms with Crippen LogP contribution < -0.4 is 20.1 Å². The van der Waals surface area contributed by atoms with Crippen molar-refractivity contribution in [3.8, 4) is 17.6 Å². The van der Waals surface area contributed by atoms with Crippen LogP contribution in [0, 0.1) is 32.1 Å². The van der Waals surface area contributed by atoms with E-state index in [1.165, 1.54) is 6.08 Å². The highest BCUT2D eigenvalue weighted by atomic mass is 16.5. The lowest BCUT2D eigenvalue weighted by molar-refractivity contribution is -0.118. The van der Waals surface area contributed by atoms with E-state index < -0.39 is 5.91 Å². The smallest absolute Gasteiger partial charge is 0.266 e. The molecule has 7 heteroatoms. The van der Waals surface area contributed by atoms with Crippen LogP contribution in [0.25, 0.3) is 6.08 Å². The van der Waals surface area contributed by atoms with Gasteiger partial charge in [-0.25, -0.2) is 0 Å². The summed E-state index contributed by atoms with van der Waals surface area (Å²) in [6, 6.07) is 20.1. The first-order chi connectivity index (χ1) is 17.3. The summed E-state index contributed by atoms with van der Waals surface area (Å²) in [5.74, 6) is -0.0154. The van der Waals surface area contributed by atoms with E-state index in [9.17, 15) is 14.9 Å². The Kier molecular flexibility index (Phi) is 8.84. The van der Waals surface area contributed by atoms with E-state index in [4.69, 9.17) is 9.47 Å². The molecule has 0 aliphatic carbocycles. The van der Waals surface area contributed by atoms with Crippen LogP contribution in [0.15, 0.2) is 66.2 Å². The van der Waals surface area contributed by atoms with Crippen molar-refractivity contribution in [1.29, 1.82) is 5.26 Å². The molecule has 7 nitrogen and oxygen atoms in total. The largest absolute Gasteiger partial charge is 0.490 e. The van der Waals surface area contributed by atoms with Crippen LogP contribution in [0.3, 0.4) is 0 Å². The summed E-state index contributed by atoms with van der Waals surface area (Å²) in [6.07, 6.45) is 1.48. The fourth-order valence-corrected chi connectivity index (χ4v) is 3.42. The Labute approximate surface area is 211 Å². The third-order valence-corrected chi connectivity index (χ3v) is 5.36. The first kappa shape index (κ1) is 26.0. The first-order valence-corrected chi connectivity index (χ1v) is 11.6. The van der Waals surface area contributed by atoms with Gasteiger partial charge >= 0.3 is 0 Å². The number of para-hydroxylation sites is 1. The molecule has 36 heavy (non-hydrogen) atoms. The van der Waals surface area contributed by atoms with E-state index in [-0.39, 0.29) is 18.1 Å². The van der Waals surface area contributed by atoms with Crippen molar-refractivity contribution in [3.63, 3.8) is 0 Å². The number of carbonyl (C=O) groups is 2. The number of benzene rings is 3. The normalized spacial score (nSPS) is 10.8. The Morgan fingerprint density at radius 3 is 2.36 bits per heavy atom. The molecule has 0 unspecified atom stereocenters. The highest BCUT2D eigenvalue weighted by Crippen LogP contribution is 2.30. The summed E-state index contributed by atoms with van der Waals surface area (Å²) in [6.45, 7) is 7.75. The number of nitrogens with one attached hydrogen (secondary N) is 2.